The van der Waals surface area contributed by atoms with Gasteiger partial charge in [0.05, 0.1) is 11.8 Å². The predicted molar refractivity (Wildman–Crippen MR) is 90.9 cm³/mol. The minimum atomic E-state index is -0.258. The van der Waals surface area contributed by atoms with Crippen LogP contribution in [-0.4, -0.2) is 20.8 Å². The van der Waals surface area contributed by atoms with E-state index in [2.05, 4.69) is 10.1 Å². The molecule has 0 fully saturated rings. The molecule has 0 amide bonds. The standard InChI is InChI=1S/C17H15N3O2S/c1-11-5-7-13(8-6-11)23-16-14(10-18-22)17(21)20-9-3-4-12(2)15(20)19-16/h3-10,22H,1-2H3/b18-10-. The van der Waals surface area contributed by atoms with Crippen LogP contribution in [0.3, 0.4) is 0 Å². The van der Waals surface area contributed by atoms with Crippen molar-refractivity contribution in [2.75, 3.05) is 0 Å². The van der Waals surface area contributed by atoms with Crippen molar-refractivity contribution >= 4 is 23.6 Å². The third-order valence-electron chi connectivity index (χ3n) is 3.47. The number of oxime groups is 1. The molecule has 2 aromatic heterocycles. The first-order valence-electron chi connectivity index (χ1n) is 7.04. The molecular weight excluding hydrogens is 310 g/mol. The Labute approximate surface area is 137 Å². The Kier molecular flexibility index (Phi) is 4.16. The maximum absolute atomic E-state index is 12.6. The molecule has 1 N–H and O–H groups in total. The summed E-state index contributed by atoms with van der Waals surface area (Å²) in [5.74, 6) is 0. The lowest BCUT2D eigenvalue weighted by Crippen LogP contribution is -2.21. The fraction of sp³-hybridized carbons (Fsp3) is 0.118. The summed E-state index contributed by atoms with van der Waals surface area (Å²) >= 11 is 1.37. The average molecular weight is 325 g/mol. The zero-order valence-electron chi connectivity index (χ0n) is 12.7. The number of rotatable bonds is 3. The van der Waals surface area contributed by atoms with E-state index in [1.165, 1.54) is 16.2 Å². The van der Waals surface area contributed by atoms with Gasteiger partial charge in [-0.05, 0) is 37.6 Å². The predicted octanol–water partition coefficient (Wildman–Crippen LogP) is 3.27. The molecule has 3 rings (SSSR count). The van der Waals surface area contributed by atoms with Gasteiger partial charge < -0.3 is 5.21 Å². The van der Waals surface area contributed by atoms with Crippen molar-refractivity contribution in [3.63, 3.8) is 0 Å². The van der Waals surface area contributed by atoms with Gasteiger partial charge in [-0.15, -0.1) is 0 Å². The third-order valence-corrected chi connectivity index (χ3v) is 4.48. The normalized spacial score (nSPS) is 11.4. The van der Waals surface area contributed by atoms with Crippen LogP contribution in [0.4, 0.5) is 0 Å². The number of fused-ring (bicyclic) bond motifs is 1. The van der Waals surface area contributed by atoms with E-state index in [1.807, 2.05) is 44.2 Å². The minimum absolute atomic E-state index is 0.258. The first-order chi connectivity index (χ1) is 11.1. The van der Waals surface area contributed by atoms with Crippen LogP contribution in [0.5, 0.6) is 0 Å². The molecule has 2 heterocycles. The van der Waals surface area contributed by atoms with Gasteiger partial charge in [-0.3, -0.25) is 9.20 Å². The Morgan fingerprint density at radius 3 is 2.65 bits per heavy atom. The Hall–Kier alpha value is -2.60. The summed E-state index contributed by atoms with van der Waals surface area (Å²) in [6, 6.07) is 11.6. The fourth-order valence-electron chi connectivity index (χ4n) is 2.26. The van der Waals surface area contributed by atoms with Crippen molar-refractivity contribution in [1.29, 1.82) is 0 Å². The number of nitrogens with zero attached hydrogens (tertiary/aromatic N) is 3. The first-order valence-corrected chi connectivity index (χ1v) is 7.86. The molecule has 0 spiro atoms. The molecule has 0 radical (unpaired) electrons. The molecule has 0 aliphatic rings. The van der Waals surface area contributed by atoms with E-state index in [0.29, 0.717) is 10.7 Å². The van der Waals surface area contributed by atoms with E-state index in [-0.39, 0.29) is 11.1 Å². The molecule has 1 aromatic carbocycles. The summed E-state index contributed by atoms with van der Waals surface area (Å²) in [5.41, 5.74) is 2.67. The van der Waals surface area contributed by atoms with Crippen LogP contribution in [0.25, 0.3) is 5.65 Å². The highest BCUT2D eigenvalue weighted by molar-refractivity contribution is 7.99. The highest BCUT2D eigenvalue weighted by Gasteiger charge is 2.14. The maximum atomic E-state index is 12.6. The molecule has 0 saturated carbocycles. The number of aryl methyl sites for hydroxylation is 2. The highest BCUT2D eigenvalue weighted by atomic mass is 32.2. The zero-order chi connectivity index (χ0) is 16.4. The Bertz CT molecular complexity index is 946. The lowest BCUT2D eigenvalue weighted by Gasteiger charge is -2.09. The lowest BCUT2D eigenvalue weighted by molar-refractivity contribution is 0.321. The van der Waals surface area contributed by atoms with Gasteiger partial charge in [0, 0.05) is 11.1 Å². The van der Waals surface area contributed by atoms with Gasteiger partial charge in [0.15, 0.2) is 0 Å². The van der Waals surface area contributed by atoms with Crippen molar-refractivity contribution in [2.24, 2.45) is 5.16 Å². The molecule has 0 unspecified atom stereocenters. The van der Waals surface area contributed by atoms with E-state index < -0.39 is 0 Å². The van der Waals surface area contributed by atoms with E-state index >= 15 is 0 Å². The number of pyridine rings is 1. The maximum Gasteiger partial charge on any atom is 0.267 e. The molecule has 0 saturated heterocycles. The average Bonchev–Trinajstić information content (AvgIpc) is 2.54. The van der Waals surface area contributed by atoms with Crippen LogP contribution < -0.4 is 5.56 Å². The second-order valence-corrected chi connectivity index (χ2v) is 6.24. The van der Waals surface area contributed by atoms with Crippen LogP contribution in [-0.2, 0) is 0 Å². The molecule has 0 aliphatic carbocycles. The summed E-state index contributed by atoms with van der Waals surface area (Å²) in [4.78, 5) is 18.2. The third kappa shape index (κ3) is 2.98. The number of benzene rings is 1. The van der Waals surface area contributed by atoms with Crippen molar-refractivity contribution in [2.45, 2.75) is 23.8 Å². The van der Waals surface area contributed by atoms with E-state index in [1.54, 1.807) is 12.3 Å². The monoisotopic (exact) mass is 325 g/mol. The molecule has 6 heteroatoms. The van der Waals surface area contributed by atoms with E-state index in [9.17, 15) is 4.79 Å². The van der Waals surface area contributed by atoms with Gasteiger partial charge in [0.1, 0.15) is 10.7 Å². The second-order valence-electron chi connectivity index (χ2n) is 5.18. The quantitative estimate of drug-likeness (QED) is 0.347. The fourth-order valence-corrected chi connectivity index (χ4v) is 3.13. The summed E-state index contributed by atoms with van der Waals surface area (Å²) in [5, 5.41) is 12.4. The van der Waals surface area contributed by atoms with Gasteiger partial charge in [-0.2, -0.15) is 0 Å². The molecular formula is C17H15N3O2S. The van der Waals surface area contributed by atoms with Crippen molar-refractivity contribution < 1.29 is 5.21 Å². The number of hydrogen-bond donors (Lipinski definition) is 1. The van der Waals surface area contributed by atoms with Crippen LogP contribution >= 0.6 is 11.8 Å². The Balaban J connectivity index is 2.21. The Morgan fingerprint density at radius 2 is 1.96 bits per heavy atom. The summed E-state index contributed by atoms with van der Waals surface area (Å²) in [6.07, 6.45) is 2.80. The lowest BCUT2D eigenvalue weighted by atomic mass is 10.2. The smallest absolute Gasteiger partial charge is 0.267 e. The number of hydrogen-bond acceptors (Lipinski definition) is 5. The van der Waals surface area contributed by atoms with Crippen molar-refractivity contribution in [3.05, 3.63) is 69.6 Å². The molecule has 23 heavy (non-hydrogen) atoms. The van der Waals surface area contributed by atoms with Crippen molar-refractivity contribution in [1.82, 2.24) is 9.38 Å². The molecule has 0 aliphatic heterocycles. The molecule has 5 nitrogen and oxygen atoms in total. The van der Waals surface area contributed by atoms with E-state index in [0.717, 1.165) is 22.2 Å². The van der Waals surface area contributed by atoms with Gasteiger partial charge >= 0.3 is 0 Å². The second kappa shape index (κ2) is 6.26. The van der Waals surface area contributed by atoms with Gasteiger partial charge in [-0.25, -0.2) is 4.98 Å². The van der Waals surface area contributed by atoms with Crippen LogP contribution in [0.1, 0.15) is 16.7 Å². The molecule has 0 atom stereocenters. The van der Waals surface area contributed by atoms with Crippen molar-refractivity contribution in [3.8, 4) is 0 Å². The van der Waals surface area contributed by atoms with Gasteiger partial charge in [0.25, 0.3) is 5.56 Å². The summed E-state index contributed by atoms with van der Waals surface area (Å²) in [7, 11) is 0. The van der Waals surface area contributed by atoms with Gasteiger partial charge in [-0.1, -0.05) is 40.7 Å². The highest BCUT2D eigenvalue weighted by Crippen LogP contribution is 2.28. The first kappa shape index (κ1) is 15.3. The number of aromatic nitrogens is 2. The van der Waals surface area contributed by atoms with Crippen LogP contribution in [0, 0.1) is 13.8 Å². The van der Waals surface area contributed by atoms with E-state index in [4.69, 9.17) is 5.21 Å². The minimum Gasteiger partial charge on any atom is -0.411 e. The Morgan fingerprint density at radius 1 is 1.22 bits per heavy atom. The molecule has 0 bridgehead atoms. The molecule has 116 valence electrons. The van der Waals surface area contributed by atoms with Crippen LogP contribution in [0.2, 0.25) is 0 Å². The molecule has 3 aromatic rings. The summed E-state index contributed by atoms with van der Waals surface area (Å²) < 4.78 is 1.46. The zero-order valence-corrected chi connectivity index (χ0v) is 13.5. The topological polar surface area (TPSA) is 67.0 Å². The summed E-state index contributed by atoms with van der Waals surface area (Å²) in [6.45, 7) is 3.92. The van der Waals surface area contributed by atoms with Crippen LogP contribution in [0.15, 0.2) is 62.5 Å². The van der Waals surface area contributed by atoms with Gasteiger partial charge in [0.2, 0.25) is 0 Å². The SMILES string of the molecule is Cc1ccc(Sc2nc3c(C)cccn3c(=O)c2/C=N\O)cc1. The largest absolute Gasteiger partial charge is 0.411 e.